The Labute approximate surface area is 150 Å². The number of hydrogen-bond donors (Lipinski definition) is 3. The van der Waals surface area contributed by atoms with Gasteiger partial charge in [0.25, 0.3) is 11.8 Å². The SMILES string of the molecule is O=C(CNC(=O)c1cccc2ccccc12)NN=Cc1ccc(O)cc1. The van der Waals surface area contributed by atoms with Gasteiger partial charge in [0, 0.05) is 5.56 Å². The van der Waals surface area contributed by atoms with Gasteiger partial charge in [-0.1, -0.05) is 36.4 Å². The lowest BCUT2D eigenvalue weighted by atomic mass is 10.0. The number of carbonyl (C=O) groups excluding carboxylic acids is 2. The highest BCUT2D eigenvalue weighted by Gasteiger charge is 2.10. The fourth-order valence-corrected chi connectivity index (χ4v) is 2.46. The number of hydrazone groups is 1. The van der Waals surface area contributed by atoms with Crippen molar-refractivity contribution in [3.05, 3.63) is 77.9 Å². The molecule has 3 N–H and O–H groups in total. The highest BCUT2D eigenvalue weighted by molar-refractivity contribution is 6.07. The Hall–Kier alpha value is -3.67. The van der Waals surface area contributed by atoms with Crippen LogP contribution < -0.4 is 10.7 Å². The molecule has 3 aromatic rings. The lowest BCUT2D eigenvalue weighted by Crippen LogP contribution is -2.35. The molecule has 26 heavy (non-hydrogen) atoms. The van der Waals surface area contributed by atoms with E-state index in [4.69, 9.17) is 0 Å². The first kappa shape index (κ1) is 17.2. The third-order valence-corrected chi connectivity index (χ3v) is 3.74. The fourth-order valence-electron chi connectivity index (χ4n) is 2.46. The monoisotopic (exact) mass is 347 g/mol. The molecule has 130 valence electrons. The predicted octanol–water partition coefficient (Wildman–Crippen LogP) is 2.43. The molecule has 6 nitrogen and oxygen atoms in total. The maximum atomic E-state index is 12.3. The Balaban J connectivity index is 1.55. The molecule has 0 heterocycles. The Morgan fingerprint density at radius 2 is 1.69 bits per heavy atom. The third kappa shape index (κ3) is 4.24. The van der Waals surface area contributed by atoms with E-state index in [1.165, 1.54) is 18.3 Å². The third-order valence-electron chi connectivity index (χ3n) is 3.74. The van der Waals surface area contributed by atoms with Crippen molar-refractivity contribution < 1.29 is 14.7 Å². The summed E-state index contributed by atoms with van der Waals surface area (Å²) in [6.45, 7) is -0.186. The number of hydrogen-bond acceptors (Lipinski definition) is 4. The van der Waals surface area contributed by atoms with Crippen LogP contribution in [0, 0.1) is 0 Å². The molecule has 0 bridgehead atoms. The molecule has 0 saturated carbocycles. The molecule has 2 amide bonds. The minimum atomic E-state index is -0.436. The molecule has 0 atom stereocenters. The van der Waals surface area contributed by atoms with Crippen LogP contribution in [0.4, 0.5) is 0 Å². The molecular weight excluding hydrogens is 330 g/mol. The van der Waals surface area contributed by atoms with Gasteiger partial charge >= 0.3 is 0 Å². The van der Waals surface area contributed by atoms with Crippen LogP contribution in [0.15, 0.2) is 71.8 Å². The van der Waals surface area contributed by atoms with Gasteiger partial charge in [-0.2, -0.15) is 5.10 Å². The Morgan fingerprint density at radius 1 is 0.962 bits per heavy atom. The summed E-state index contributed by atoms with van der Waals surface area (Å²) in [6, 6.07) is 19.4. The summed E-state index contributed by atoms with van der Waals surface area (Å²) in [7, 11) is 0. The standard InChI is InChI=1S/C20H17N3O3/c24-16-10-8-14(9-11-16)12-22-23-19(25)13-21-20(26)18-7-3-5-15-4-1-2-6-17(15)18/h1-12,24H,13H2,(H,21,26)(H,23,25). The zero-order valence-corrected chi connectivity index (χ0v) is 13.8. The number of nitrogens with zero attached hydrogens (tertiary/aromatic N) is 1. The number of amides is 2. The fraction of sp³-hybridized carbons (Fsp3) is 0.0500. The van der Waals surface area contributed by atoms with Crippen LogP contribution in [-0.4, -0.2) is 29.7 Å². The van der Waals surface area contributed by atoms with Crippen LogP contribution in [0.2, 0.25) is 0 Å². The van der Waals surface area contributed by atoms with Crippen molar-refractivity contribution in [1.82, 2.24) is 10.7 Å². The quantitative estimate of drug-likeness (QED) is 0.489. The van der Waals surface area contributed by atoms with Crippen molar-refractivity contribution in [2.24, 2.45) is 5.10 Å². The second-order valence-corrected chi connectivity index (χ2v) is 5.59. The number of fused-ring (bicyclic) bond motifs is 1. The summed E-state index contributed by atoms with van der Waals surface area (Å²) < 4.78 is 0. The summed E-state index contributed by atoms with van der Waals surface area (Å²) >= 11 is 0. The number of phenols is 1. The van der Waals surface area contributed by atoms with E-state index in [0.29, 0.717) is 5.56 Å². The highest BCUT2D eigenvalue weighted by Crippen LogP contribution is 2.18. The van der Waals surface area contributed by atoms with Crippen molar-refractivity contribution in [1.29, 1.82) is 0 Å². The normalized spacial score (nSPS) is 10.8. The minimum absolute atomic E-state index is 0.155. The summed E-state index contributed by atoms with van der Waals surface area (Å²) in [5, 5.41) is 17.4. The number of benzene rings is 3. The summed E-state index contributed by atoms with van der Waals surface area (Å²) in [5.74, 6) is -0.601. The van der Waals surface area contributed by atoms with Crippen LogP contribution >= 0.6 is 0 Å². The van der Waals surface area contributed by atoms with Gasteiger partial charge in [-0.15, -0.1) is 0 Å². The molecule has 3 rings (SSSR count). The van der Waals surface area contributed by atoms with Crippen LogP contribution in [0.25, 0.3) is 10.8 Å². The molecule has 0 aliphatic carbocycles. The molecule has 3 aromatic carbocycles. The number of rotatable bonds is 5. The van der Waals surface area contributed by atoms with Gasteiger partial charge in [-0.25, -0.2) is 5.43 Å². The van der Waals surface area contributed by atoms with Gasteiger partial charge in [0.1, 0.15) is 5.75 Å². The summed E-state index contributed by atoms with van der Waals surface area (Å²) in [6.07, 6.45) is 1.45. The Bertz CT molecular complexity index is 960. The first-order valence-corrected chi connectivity index (χ1v) is 8.00. The smallest absolute Gasteiger partial charge is 0.259 e. The van der Waals surface area contributed by atoms with Crippen molar-refractivity contribution in [3.63, 3.8) is 0 Å². The van der Waals surface area contributed by atoms with Crippen LogP contribution in [0.5, 0.6) is 5.75 Å². The van der Waals surface area contributed by atoms with Crippen molar-refractivity contribution in [2.75, 3.05) is 6.54 Å². The second-order valence-electron chi connectivity index (χ2n) is 5.59. The lowest BCUT2D eigenvalue weighted by molar-refractivity contribution is -0.120. The second kappa shape index (κ2) is 7.94. The number of carbonyl (C=O) groups is 2. The largest absolute Gasteiger partial charge is 0.508 e. The molecule has 0 unspecified atom stereocenters. The maximum Gasteiger partial charge on any atom is 0.259 e. The first-order valence-electron chi connectivity index (χ1n) is 8.00. The van der Waals surface area contributed by atoms with E-state index < -0.39 is 5.91 Å². The molecule has 0 aliphatic rings. The van der Waals surface area contributed by atoms with Gasteiger partial charge < -0.3 is 10.4 Å². The van der Waals surface area contributed by atoms with E-state index in [0.717, 1.165) is 16.3 Å². The van der Waals surface area contributed by atoms with E-state index >= 15 is 0 Å². The average Bonchev–Trinajstić information content (AvgIpc) is 2.67. The van der Waals surface area contributed by atoms with E-state index in [-0.39, 0.29) is 18.2 Å². The number of nitrogens with one attached hydrogen (secondary N) is 2. The van der Waals surface area contributed by atoms with E-state index in [1.54, 1.807) is 24.3 Å². The van der Waals surface area contributed by atoms with Crippen molar-refractivity contribution >= 4 is 28.8 Å². The zero-order valence-electron chi connectivity index (χ0n) is 13.8. The van der Waals surface area contributed by atoms with Crippen LogP contribution in [0.1, 0.15) is 15.9 Å². The van der Waals surface area contributed by atoms with E-state index in [1.807, 2.05) is 30.3 Å². The lowest BCUT2D eigenvalue weighted by Gasteiger charge is -2.07. The molecule has 0 aliphatic heterocycles. The van der Waals surface area contributed by atoms with Crippen LogP contribution in [0.3, 0.4) is 0 Å². The van der Waals surface area contributed by atoms with Gasteiger partial charge in [-0.3, -0.25) is 9.59 Å². The van der Waals surface area contributed by atoms with E-state index in [2.05, 4.69) is 15.8 Å². The van der Waals surface area contributed by atoms with E-state index in [9.17, 15) is 14.7 Å². The van der Waals surface area contributed by atoms with Gasteiger partial charge in [0.05, 0.1) is 12.8 Å². The van der Waals surface area contributed by atoms with Gasteiger partial charge in [0.2, 0.25) is 0 Å². The molecule has 0 fully saturated rings. The molecule has 0 spiro atoms. The van der Waals surface area contributed by atoms with Crippen LogP contribution in [-0.2, 0) is 4.79 Å². The molecular formula is C20H17N3O3. The highest BCUT2D eigenvalue weighted by atomic mass is 16.3. The predicted molar refractivity (Wildman–Crippen MR) is 100 cm³/mol. The molecule has 6 heteroatoms. The molecule has 0 aromatic heterocycles. The number of phenolic OH excluding ortho intramolecular Hbond substituents is 1. The summed E-state index contributed by atoms with van der Waals surface area (Å²) in [5.41, 5.74) is 3.59. The summed E-state index contributed by atoms with van der Waals surface area (Å²) in [4.78, 5) is 24.1. The average molecular weight is 347 g/mol. The number of aromatic hydroxyl groups is 1. The van der Waals surface area contributed by atoms with Crippen molar-refractivity contribution in [3.8, 4) is 5.75 Å². The van der Waals surface area contributed by atoms with Gasteiger partial charge in [0.15, 0.2) is 0 Å². The van der Waals surface area contributed by atoms with Crippen molar-refractivity contribution in [2.45, 2.75) is 0 Å². The van der Waals surface area contributed by atoms with Gasteiger partial charge in [-0.05, 0) is 46.7 Å². The minimum Gasteiger partial charge on any atom is -0.508 e. The Kier molecular flexibility index (Phi) is 5.24. The maximum absolute atomic E-state index is 12.3. The zero-order chi connectivity index (χ0) is 18.4. The molecule has 0 radical (unpaired) electrons. The topological polar surface area (TPSA) is 90.8 Å². The Morgan fingerprint density at radius 3 is 2.50 bits per heavy atom. The molecule has 0 saturated heterocycles. The first-order chi connectivity index (χ1) is 12.6.